The van der Waals surface area contributed by atoms with E-state index in [4.69, 9.17) is 4.74 Å². The highest BCUT2D eigenvalue weighted by atomic mass is 19.1. The van der Waals surface area contributed by atoms with Crippen molar-refractivity contribution in [1.29, 1.82) is 0 Å². The molecule has 0 saturated carbocycles. The highest BCUT2D eigenvalue weighted by Crippen LogP contribution is 2.37. The zero-order valence-electron chi connectivity index (χ0n) is 14.5. The first-order valence-corrected chi connectivity index (χ1v) is 9.13. The summed E-state index contributed by atoms with van der Waals surface area (Å²) < 4.78 is 18.9. The van der Waals surface area contributed by atoms with Crippen LogP contribution in [-0.2, 0) is 11.2 Å². The van der Waals surface area contributed by atoms with Gasteiger partial charge in [0.25, 0.3) is 0 Å². The van der Waals surface area contributed by atoms with E-state index in [9.17, 15) is 14.3 Å². The Hall–Kier alpha value is -2.56. The fraction of sp³-hybridized carbons (Fsp3) is 0.381. The monoisotopic (exact) mass is 355 g/mol. The van der Waals surface area contributed by atoms with Crippen LogP contribution in [0.5, 0.6) is 11.5 Å². The van der Waals surface area contributed by atoms with Gasteiger partial charge in [-0.15, -0.1) is 0 Å². The molecule has 2 aromatic carbocycles. The summed E-state index contributed by atoms with van der Waals surface area (Å²) in [5.74, 6) is 0.605. The molecule has 1 N–H and O–H groups in total. The van der Waals surface area contributed by atoms with Crippen LogP contribution in [0.15, 0.2) is 42.5 Å². The fourth-order valence-corrected chi connectivity index (χ4v) is 3.97. The molecule has 0 bridgehead atoms. The first kappa shape index (κ1) is 16.9. The van der Waals surface area contributed by atoms with E-state index >= 15 is 0 Å². The van der Waals surface area contributed by atoms with Gasteiger partial charge in [0.05, 0.1) is 5.92 Å². The molecule has 2 aliphatic rings. The second-order valence-corrected chi connectivity index (χ2v) is 7.07. The van der Waals surface area contributed by atoms with E-state index in [1.807, 2.05) is 11.0 Å². The van der Waals surface area contributed by atoms with Crippen LogP contribution in [0.4, 0.5) is 4.39 Å². The fourth-order valence-electron chi connectivity index (χ4n) is 3.97. The van der Waals surface area contributed by atoms with Gasteiger partial charge in [-0.2, -0.15) is 0 Å². The maximum atomic E-state index is 13.0. The lowest BCUT2D eigenvalue weighted by Gasteiger charge is -2.34. The summed E-state index contributed by atoms with van der Waals surface area (Å²) >= 11 is 0. The van der Waals surface area contributed by atoms with Gasteiger partial charge >= 0.3 is 0 Å². The van der Waals surface area contributed by atoms with E-state index in [0.29, 0.717) is 18.8 Å². The van der Waals surface area contributed by atoms with Gasteiger partial charge in [0.15, 0.2) is 0 Å². The third-order valence-electron chi connectivity index (χ3n) is 5.38. The van der Waals surface area contributed by atoms with E-state index in [1.54, 1.807) is 24.3 Å². The van der Waals surface area contributed by atoms with Crippen molar-refractivity contribution in [2.45, 2.75) is 37.7 Å². The second-order valence-electron chi connectivity index (χ2n) is 7.07. The molecule has 1 amide bonds. The van der Waals surface area contributed by atoms with E-state index in [-0.39, 0.29) is 29.5 Å². The number of carbonyl (C=O) groups excluding carboxylic acids is 1. The zero-order valence-corrected chi connectivity index (χ0v) is 14.5. The van der Waals surface area contributed by atoms with Gasteiger partial charge in [-0.05, 0) is 60.4 Å². The minimum Gasteiger partial charge on any atom is -0.508 e. The number of carbonyl (C=O) groups is 1. The van der Waals surface area contributed by atoms with E-state index < -0.39 is 0 Å². The quantitative estimate of drug-likeness (QED) is 0.915. The van der Waals surface area contributed by atoms with E-state index in [0.717, 1.165) is 36.8 Å². The van der Waals surface area contributed by atoms with Gasteiger partial charge in [0.1, 0.15) is 23.4 Å². The number of piperidine rings is 1. The number of fused-ring (bicyclic) bond motifs is 1. The van der Waals surface area contributed by atoms with Crippen LogP contribution in [0.3, 0.4) is 0 Å². The minimum absolute atomic E-state index is 0.0458. The Morgan fingerprint density at radius 1 is 1.08 bits per heavy atom. The number of phenols is 1. The number of hydrogen-bond donors (Lipinski definition) is 1. The van der Waals surface area contributed by atoms with Crippen LogP contribution in [0.1, 0.15) is 36.3 Å². The molecule has 1 unspecified atom stereocenters. The molecule has 4 nitrogen and oxygen atoms in total. The number of halogens is 1. The summed E-state index contributed by atoms with van der Waals surface area (Å²) in [5, 5.41) is 9.73. The number of rotatable bonds is 3. The lowest BCUT2D eigenvalue weighted by molar-refractivity contribution is -0.134. The van der Waals surface area contributed by atoms with E-state index in [1.165, 1.54) is 12.1 Å². The molecule has 136 valence electrons. The van der Waals surface area contributed by atoms with Gasteiger partial charge in [0, 0.05) is 25.9 Å². The Morgan fingerprint density at radius 2 is 1.81 bits per heavy atom. The molecule has 1 aliphatic carbocycles. The maximum absolute atomic E-state index is 13.0. The number of phenolic OH excluding ortho intramolecular Hbond substituents is 1. The molecule has 4 rings (SSSR count). The first-order valence-electron chi connectivity index (χ1n) is 9.13. The molecule has 1 saturated heterocycles. The molecule has 5 heteroatoms. The Labute approximate surface area is 152 Å². The Morgan fingerprint density at radius 3 is 2.54 bits per heavy atom. The molecule has 2 aromatic rings. The average Bonchev–Trinajstić information content (AvgIpc) is 3.06. The van der Waals surface area contributed by atoms with Crippen LogP contribution in [-0.4, -0.2) is 35.1 Å². The lowest BCUT2D eigenvalue weighted by atomic mass is 9.97. The number of aryl methyl sites for hydroxylation is 1. The number of nitrogens with zero attached hydrogens (tertiary/aromatic N) is 1. The summed E-state index contributed by atoms with van der Waals surface area (Å²) in [4.78, 5) is 14.8. The predicted molar refractivity (Wildman–Crippen MR) is 95.8 cm³/mol. The molecular weight excluding hydrogens is 333 g/mol. The van der Waals surface area contributed by atoms with Crippen molar-refractivity contribution >= 4 is 5.91 Å². The summed E-state index contributed by atoms with van der Waals surface area (Å²) in [6, 6.07) is 11.4. The summed E-state index contributed by atoms with van der Waals surface area (Å²) in [7, 11) is 0. The normalized spacial score (nSPS) is 20.0. The van der Waals surface area contributed by atoms with Crippen LogP contribution >= 0.6 is 0 Å². The molecule has 0 radical (unpaired) electrons. The van der Waals surface area contributed by atoms with Gasteiger partial charge < -0.3 is 14.7 Å². The number of likely N-dealkylation sites (tertiary alicyclic amines) is 1. The Balaban J connectivity index is 1.36. The summed E-state index contributed by atoms with van der Waals surface area (Å²) in [6.07, 6.45) is 3.27. The first-order chi connectivity index (χ1) is 12.6. The van der Waals surface area contributed by atoms with Crippen molar-refractivity contribution in [2.24, 2.45) is 0 Å². The molecule has 26 heavy (non-hydrogen) atoms. The van der Waals surface area contributed by atoms with Crippen molar-refractivity contribution in [3.05, 3.63) is 59.4 Å². The third-order valence-corrected chi connectivity index (χ3v) is 5.38. The largest absolute Gasteiger partial charge is 0.508 e. The molecule has 1 heterocycles. The number of amides is 1. The van der Waals surface area contributed by atoms with Crippen molar-refractivity contribution < 1.29 is 19.0 Å². The number of hydrogen-bond acceptors (Lipinski definition) is 3. The second kappa shape index (κ2) is 6.98. The van der Waals surface area contributed by atoms with Crippen molar-refractivity contribution in [3.63, 3.8) is 0 Å². The molecule has 0 aromatic heterocycles. The van der Waals surface area contributed by atoms with Crippen molar-refractivity contribution in [2.75, 3.05) is 13.1 Å². The topological polar surface area (TPSA) is 49.8 Å². The zero-order chi connectivity index (χ0) is 18.1. The summed E-state index contributed by atoms with van der Waals surface area (Å²) in [6.45, 7) is 1.32. The third kappa shape index (κ3) is 3.39. The van der Waals surface area contributed by atoms with Crippen LogP contribution < -0.4 is 4.74 Å². The number of benzene rings is 2. The van der Waals surface area contributed by atoms with Gasteiger partial charge in [-0.25, -0.2) is 4.39 Å². The highest BCUT2D eigenvalue weighted by Gasteiger charge is 2.34. The molecule has 1 fully saturated rings. The summed E-state index contributed by atoms with van der Waals surface area (Å²) in [5.41, 5.74) is 2.13. The van der Waals surface area contributed by atoms with Crippen LogP contribution in [0.25, 0.3) is 0 Å². The predicted octanol–water partition coefficient (Wildman–Crippen LogP) is 3.63. The smallest absolute Gasteiger partial charge is 0.230 e. The van der Waals surface area contributed by atoms with Gasteiger partial charge in [-0.3, -0.25) is 4.79 Å². The van der Waals surface area contributed by atoms with E-state index in [2.05, 4.69) is 0 Å². The standard InChI is InChI=1S/C21H22FNO3/c22-15-3-6-17(7-4-15)26-18-9-11-23(12-10-18)21(25)19-8-2-14-1-5-16(24)13-20(14)19/h1,3-7,13,18-19,24H,2,8-12H2. The maximum Gasteiger partial charge on any atom is 0.230 e. The SMILES string of the molecule is O=C(C1CCc2ccc(O)cc21)N1CCC(Oc2ccc(F)cc2)CC1. The molecular formula is C21H22FNO3. The Bertz CT molecular complexity index is 797. The number of ether oxygens (including phenoxy) is 1. The van der Waals surface area contributed by atoms with Gasteiger partial charge in [-0.1, -0.05) is 6.07 Å². The average molecular weight is 355 g/mol. The molecule has 1 aliphatic heterocycles. The number of aromatic hydroxyl groups is 1. The van der Waals surface area contributed by atoms with Crippen LogP contribution in [0.2, 0.25) is 0 Å². The molecule has 1 atom stereocenters. The minimum atomic E-state index is -0.277. The van der Waals surface area contributed by atoms with Crippen molar-refractivity contribution in [1.82, 2.24) is 4.90 Å². The lowest BCUT2D eigenvalue weighted by Crippen LogP contribution is -2.43. The highest BCUT2D eigenvalue weighted by molar-refractivity contribution is 5.85. The Kier molecular flexibility index (Phi) is 4.53. The van der Waals surface area contributed by atoms with Crippen molar-refractivity contribution in [3.8, 4) is 11.5 Å². The molecule has 0 spiro atoms. The van der Waals surface area contributed by atoms with Gasteiger partial charge in [0.2, 0.25) is 5.91 Å². The van der Waals surface area contributed by atoms with Crippen LogP contribution in [0, 0.1) is 5.82 Å².